The van der Waals surface area contributed by atoms with Gasteiger partial charge in [-0.3, -0.25) is 9.78 Å². The second-order valence-corrected chi connectivity index (χ2v) is 8.95. The van der Waals surface area contributed by atoms with E-state index < -0.39 is 0 Å². The number of fused-ring (bicyclic) bond motifs is 1. The summed E-state index contributed by atoms with van der Waals surface area (Å²) in [5.74, 6) is 2.36. The van der Waals surface area contributed by atoms with Gasteiger partial charge in [0, 0.05) is 38.3 Å². The van der Waals surface area contributed by atoms with E-state index in [2.05, 4.69) is 14.9 Å². The number of rotatable bonds is 4. The van der Waals surface area contributed by atoms with Gasteiger partial charge in [0.15, 0.2) is 11.5 Å². The summed E-state index contributed by atoms with van der Waals surface area (Å²) in [6, 6.07) is 4.03. The van der Waals surface area contributed by atoms with Crippen molar-refractivity contribution in [3.8, 4) is 11.5 Å². The van der Waals surface area contributed by atoms with Gasteiger partial charge in [-0.1, -0.05) is 0 Å². The maximum Gasteiger partial charge on any atom is 0.227 e. The van der Waals surface area contributed by atoms with Gasteiger partial charge >= 0.3 is 0 Å². The van der Waals surface area contributed by atoms with E-state index >= 15 is 0 Å². The summed E-state index contributed by atoms with van der Waals surface area (Å²) in [7, 11) is 0. The van der Waals surface area contributed by atoms with Crippen LogP contribution in [0.2, 0.25) is 0 Å². The number of anilines is 1. The molecule has 2 aliphatic heterocycles. The number of aromatic nitrogens is 5. The fraction of sp³-hybridized carbons (Fsp3) is 0.522. The van der Waals surface area contributed by atoms with Gasteiger partial charge in [0.2, 0.25) is 5.91 Å². The molecule has 3 aromatic heterocycles. The highest BCUT2D eigenvalue weighted by Crippen LogP contribution is 2.39. The van der Waals surface area contributed by atoms with Crippen LogP contribution in [0.25, 0.3) is 22.7 Å². The van der Waals surface area contributed by atoms with Crippen LogP contribution >= 0.6 is 0 Å². The number of nitrogens with zero attached hydrogens (tertiary/aromatic N) is 6. The van der Waals surface area contributed by atoms with Crippen molar-refractivity contribution in [3.05, 3.63) is 30.2 Å². The average molecular weight is 434 g/mol. The topological polar surface area (TPSA) is 100 Å². The Morgan fingerprint density at radius 3 is 2.75 bits per heavy atom. The molecule has 1 unspecified atom stereocenters. The summed E-state index contributed by atoms with van der Waals surface area (Å²) in [5.41, 5.74) is 3.34. The molecule has 32 heavy (non-hydrogen) atoms. The van der Waals surface area contributed by atoms with Gasteiger partial charge in [-0.05, 0) is 37.8 Å². The van der Waals surface area contributed by atoms with Crippen LogP contribution in [0, 0.1) is 5.92 Å². The van der Waals surface area contributed by atoms with Crippen LogP contribution in [0.3, 0.4) is 0 Å². The summed E-state index contributed by atoms with van der Waals surface area (Å²) >= 11 is 0. The molecule has 9 heteroatoms. The SMILES string of the molecule is O=C(C1CCCN(c2ccc3[nH]c(-c4cncc(C5CC5)n4)nc3n2)C1)N1CCOCC1. The van der Waals surface area contributed by atoms with E-state index in [0.717, 1.165) is 42.1 Å². The minimum absolute atomic E-state index is 0.00882. The Morgan fingerprint density at radius 1 is 1.03 bits per heavy atom. The molecule has 3 aliphatic rings. The Labute approximate surface area is 186 Å². The van der Waals surface area contributed by atoms with E-state index in [1.54, 1.807) is 6.20 Å². The number of H-pyrrole nitrogens is 1. The predicted octanol–water partition coefficient (Wildman–Crippen LogP) is 2.37. The van der Waals surface area contributed by atoms with Crippen molar-refractivity contribution >= 4 is 22.9 Å². The highest BCUT2D eigenvalue weighted by Gasteiger charge is 2.31. The Balaban J connectivity index is 1.21. The first-order valence-electron chi connectivity index (χ1n) is 11.6. The molecular formula is C23H27N7O2. The number of morpholine rings is 1. The largest absolute Gasteiger partial charge is 0.378 e. The zero-order chi connectivity index (χ0) is 21.5. The minimum Gasteiger partial charge on any atom is -0.378 e. The Hall–Kier alpha value is -3.07. The second-order valence-electron chi connectivity index (χ2n) is 8.95. The molecule has 1 aliphatic carbocycles. The molecule has 166 valence electrons. The number of carbonyl (C=O) groups is 1. The molecule has 2 saturated heterocycles. The Bertz CT molecular complexity index is 1140. The summed E-state index contributed by atoms with van der Waals surface area (Å²) in [4.78, 5) is 39.1. The van der Waals surface area contributed by atoms with Crippen molar-refractivity contribution in [3.63, 3.8) is 0 Å². The van der Waals surface area contributed by atoms with Gasteiger partial charge in [-0.15, -0.1) is 0 Å². The molecule has 0 radical (unpaired) electrons. The van der Waals surface area contributed by atoms with Crippen LogP contribution in [0.5, 0.6) is 0 Å². The highest BCUT2D eigenvalue weighted by atomic mass is 16.5. The first-order valence-corrected chi connectivity index (χ1v) is 11.6. The molecule has 3 fully saturated rings. The quantitative estimate of drug-likeness (QED) is 0.674. The van der Waals surface area contributed by atoms with Gasteiger partial charge in [0.05, 0.1) is 36.5 Å². The van der Waals surface area contributed by atoms with Crippen molar-refractivity contribution in [2.75, 3.05) is 44.3 Å². The van der Waals surface area contributed by atoms with Crippen LogP contribution in [0.4, 0.5) is 5.82 Å². The van der Waals surface area contributed by atoms with Crippen LogP contribution in [0.15, 0.2) is 24.5 Å². The molecule has 0 spiro atoms. The van der Waals surface area contributed by atoms with Crippen LogP contribution < -0.4 is 4.90 Å². The third-order valence-corrected chi connectivity index (χ3v) is 6.64. The lowest BCUT2D eigenvalue weighted by molar-refractivity contribution is -0.139. The zero-order valence-corrected chi connectivity index (χ0v) is 18.0. The smallest absolute Gasteiger partial charge is 0.227 e. The summed E-state index contributed by atoms with van der Waals surface area (Å²) in [6.07, 6.45) is 7.89. The van der Waals surface area contributed by atoms with E-state index in [1.165, 1.54) is 12.8 Å². The van der Waals surface area contributed by atoms with E-state index in [4.69, 9.17) is 19.7 Å². The summed E-state index contributed by atoms with van der Waals surface area (Å²) in [6.45, 7) is 4.25. The van der Waals surface area contributed by atoms with E-state index in [1.807, 2.05) is 23.2 Å². The number of piperidine rings is 1. The number of imidazole rings is 1. The maximum atomic E-state index is 13.0. The molecule has 1 atom stereocenters. The fourth-order valence-corrected chi connectivity index (χ4v) is 4.68. The molecule has 5 heterocycles. The fourth-order valence-electron chi connectivity index (χ4n) is 4.68. The van der Waals surface area contributed by atoms with Gasteiger partial charge in [-0.25, -0.2) is 15.0 Å². The molecular weight excluding hydrogens is 406 g/mol. The number of hydrogen-bond donors (Lipinski definition) is 1. The number of pyridine rings is 1. The number of carbonyl (C=O) groups excluding carboxylic acids is 1. The third-order valence-electron chi connectivity index (χ3n) is 6.64. The van der Waals surface area contributed by atoms with Crippen molar-refractivity contribution in [2.45, 2.75) is 31.6 Å². The first-order chi connectivity index (χ1) is 15.7. The predicted molar refractivity (Wildman–Crippen MR) is 119 cm³/mol. The van der Waals surface area contributed by atoms with E-state index in [-0.39, 0.29) is 11.8 Å². The molecule has 1 N–H and O–H groups in total. The van der Waals surface area contributed by atoms with E-state index in [0.29, 0.717) is 50.2 Å². The number of aromatic amines is 1. The molecule has 1 saturated carbocycles. The maximum absolute atomic E-state index is 13.0. The number of amides is 1. The lowest BCUT2D eigenvalue weighted by Crippen LogP contribution is -2.48. The van der Waals surface area contributed by atoms with Gasteiger partial charge in [0.25, 0.3) is 0 Å². The molecule has 6 rings (SSSR count). The average Bonchev–Trinajstić information content (AvgIpc) is 3.62. The third kappa shape index (κ3) is 3.81. The van der Waals surface area contributed by atoms with Gasteiger partial charge in [-0.2, -0.15) is 0 Å². The van der Waals surface area contributed by atoms with Gasteiger partial charge < -0.3 is 19.5 Å². The summed E-state index contributed by atoms with van der Waals surface area (Å²) in [5, 5.41) is 0. The Kier molecular flexibility index (Phi) is 4.98. The van der Waals surface area contributed by atoms with Crippen molar-refractivity contribution in [1.82, 2.24) is 29.8 Å². The highest BCUT2D eigenvalue weighted by molar-refractivity contribution is 5.80. The molecule has 9 nitrogen and oxygen atoms in total. The van der Waals surface area contributed by atoms with Gasteiger partial charge in [0.1, 0.15) is 11.5 Å². The lowest BCUT2D eigenvalue weighted by atomic mass is 9.96. The zero-order valence-electron chi connectivity index (χ0n) is 18.0. The van der Waals surface area contributed by atoms with Crippen LogP contribution in [0.1, 0.15) is 37.3 Å². The number of hydrogen-bond acceptors (Lipinski definition) is 7. The molecule has 0 aromatic carbocycles. The first kappa shape index (κ1) is 19.6. The number of nitrogens with one attached hydrogen (secondary N) is 1. The van der Waals surface area contributed by atoms with Crippen molar-refractivity contribution in [1.29, 1.82) is 0 Å². The standard InChI is InChI=1S/C23H27N7O2/c31-23(29-8-10-32-11-9-29)16-2-1-7-30(14-16)20-6-5-17-21(27-20)28-22(26-17)19-13-24-12-18(25-19)15-3-4-15/h5-6,12-13,15-16H,1-4,7-11,14H2,(H,26,27,28). The lowest BCUT2D eigenvalue weighted by Gasteiger charge is -2.36. The molecule has 3 aromatic rings. The molecule has 1 amide bonds. The van der Waals surface area contributed by atoms with Crippen LogP contribution in [-0.2, 0) is 9.53 Å². The number of ether oxygens (including phenoxy) is 1. The second kappa shape index (κ2) is 8.12. The normalized spacial score (nSPS) is 21.8. The van der Waals surface area contributed by atoms with E-state index in [9.17, 15) is 4.79 Å². The summed E-state index contributed by atoms with van der Waals surface area (Å²) < 4.78 is 5.39. The van der Waals surface area contributed by atoms with Crippen molar-refractivity contribution < 1.29 is 9.53 Å². The van der Waals surface area contributed by atoms with Crippen LogP contribution in [-0.4, -0.2) is 75.1 Å². The van der Waals surface area contributed by atoms with Crippen molar-refractivity contribution in [2.24, 2.45) is 5.92 Å². The minimum atomic E-state index is 0.00882. The molecule has 0 bridgehead atoms. The monoisotopic (exact) mass is 433 g/mol. The Morgan fingerprint density at radius 2 is 1.91 bits per heavy atom.